The van der Waals surface area contributed by atoms with Gasteiger partial charge in [-0.1, -0.05) is 13.8 Å². The highest BCUT2D eigenvalue weighted by Gasteiger charge is 2.26. The van der Waals surface area contributed by atoms with Crippen molar-refractivity contribution >= 4 is 5.97 Å². The predicted octanol–water partition coefficient (Wildman–Crippen LogP) is 2.08. The minimum atomic E-state index is -0.713. The van der Waals surface area contributed by atoms with Crippen LogP contribution in [0.25, 0.3) is 0 Å². The van der Waals surface area contributed by atoms with Crippen LogP contribution in [0.1, 0.15) is 34.1 Å². The second-order valence-corrected chi connectivity index (χ2v) is 5.10. The van der Waals surface area contributed by atoms with E-state index in [0.717, 1.165) is 13.1 Å². The van der Waals surface area contributed by atoms with E-state index in [9.17, 15) is 4.79 Å². The van der Waals surface area contributed by atoms with Crippen molar-refractivity contribution in [1.29, 1.82) is 0 Å². The summed E-state index contributed by atoms with van der Waals surface area (Å²) in [5.74, 6) is -0.0802. The first-order valence-corrected chi connectivity index (χ1v) is 5.17. The summed E-state index contributed by atoms with van der Waals surface area (Å²) in [6.07, 6.45) is 0.700. The molecule has 0 aliphatic heterocycles. The molecule has 0 rings (SSSR count). The van der Waals surface area contributed by atoms with Crippen molar-refractivity contribution in [2.45, 2.75) is 34.1 Å². The fraction of sp³-hybridized carbons (Fsp3) is 0.909. The summed E-state index contributed by atoms with van der Waals surface area (Å²) in [4.78, 5) is 13.0. The Hall–Kier alpha value is -0.570. The minimum Gasteiger partial charge on any atom is -0.481 e. The van der Waals surface area contributed by atoms with Gasteiger partial charge in [-0.3, -0.25) is 4.79 Å². The molecule has 14 heavy (non-hydrogen) atoms. The maximum Gasteiger partial charge on any atom is 0.309 e. The second kappa shape index (κ2) is 5.35. The molecule has 0 saturated carbocycles. The number of carboxylic acid groups (broad SMARTS) is 1. The van der Waals surface area contributed by atoms with Gasteiger partial charge in [0, 0.05) is 6.54 Å². The number of hydrogen-bond acceptors (Lipinski definition) is 2. The molecule has 0 amide bonds. The van der Waals surface area contributed by atoms with Gasteiger partial charge >= 0.3 is 5.97 Å². The Kier molecular flexibility index (Phi) is 5.13. The van der Waals surface area contributed by atoms with E-state index in [1.54, 1.807) is 13.8 Å². The first-order valence-electron chi connectivity index (χ1n) is 5.17. The number of carboxylic acids is 1. The highest BCUT2D eigenvalue weighted by atomic mass is 16.4. The van der Waals surface area contributed by atoms with E-state index < -0.39 is 11.4 Å². The summed E-state index contributed by atoms with van der Waals surface area (Å²) in [6, 6.07) is 0. The molecular weight excluding hydrogens is 178 g/mol. The minimum absolute atomic E-state index is 0.606. The Morgan fingerprint density at radius 2 is 1.93 bits per heavy atom. The fourth-order valence-electron chi connectivity index (χ4n) is 1.29. The lowest BCUT2D eigenvalue weighted by molar-refractivity contribution is -0.147. The number of nitrogens with zero attached hydrogens (tertiary/aromatic N) is 1. The van der Waals surface area contributed by atoms with Crippen molar-refractivity contribution in [1.82, 2.24) is 4.90 Å². The standard InChI is InChI=1S/C11H23NO2/c1-9(2)8-12(5)7-6-11(3,4)10(13)14/h9H,6-8H2,1-5H3,(H,13,14). The summed E-state index contributed by atoms with van der Waals surface area (Å²) in [6.45, 7) is 9.75. The van der Waals surface area contributed by atoms with Gasteiger partial charge in [-0.15, -0.1) is 0 Å². The molecule has 0 bridgehead atoms. The van der Waals surface area contributed by atoms with Crippen LogP contribution < -0.4 is 0 Å². The van der Waals surface area contributed by atoms with Gasteiger partial charge in [0.15, 0.2) is 0 Å². The van der Waals surface area contributed by atoms with Crippen LogP contribution in [0.15, 0.2) is 0 Å². The summed E-state index contributed by atoms with van der Waals surface area (Å²) in [5, 5.41) is 8.92. The SMILES string of the molecule is CC(C)CN(C)CCC(C)(C)C(=O)O. The van der Waals surface area contributed by atoms with Crippen molar-refractivity contribution in [3.05, 3.63) is 0 Å². The van der Waals surface area contributed by atoms with E-state index in [2.05, 4.69) is 18.7 Å². The van der Waals surface area contributed by atoms with Crippen LogP contribution in [0.4, 0.5) is 0 Å². The molecule has 84 valence electrons. The Morgan fingerprint density at radius 1 is 1.43 bits per heavy atom. The highest BCUT2D eigenvalue weighted by Crippen LogP contribution is 2.20. The molecule has 0 aromatic heterocycles. The van der Waals surface area contributed by atoms with Gasteiger partial charge in [0.1, 0.15) is 0 Å². The zero-order valence-electron chi connectivity index (χ0n) is 10.0. The quantitative estimate of drug-likeness (QED) is 0.715. The molecule has 0 atom stereocenters. The Bertz CT molecular complexity index is 188. The van der Waals surface area contributed by atoms with Crippen molar-refractivity contribution in [3.8, 4) is 0 Å². The van der Waals surface area contributed by atoms with Crippen LogP contribution in [0.2, 0.25) is 0 Å². The monoisotopic (exact) mass is 201 g/mol. The molecule has 3 nitrogen and oxygen atoms in total. The van der Waals surface area contributed by atoms with E-state index in [4.69, 9.17) is 5.11 Å². The summed E-state index contributed by atoms with van der Waals surface area (Å²) in [5.41, 5.74) is -0.606. The topological polar surface area (TPSA) is 40.5 Å². The van der Waals surface area contributed by atoms with Gasteiger partial charge in [-0.2, -0.15) is 0 Å². The zero-order chi connectivity index (χ0) is 11.4. The van der Waals surface area contributed by atoms with Gasteiger partial charge in [-0.25, -0.2) is 0 Å². The third-order valence-corrected chi connectivity index (χ3v) is 2.37. The molecule has 0 radical (unpaired) electrons. The van der Waals surface area contributed by atoms with E-state index in [1.807, 2.05) is 7.05 Å². The summed E-state index contributed by atoms with van der Waals surface area (Å²) >= 11 is 0. The van der Waals surface area contributed by atoms with Crippen LogP contribution in [0.5, 0.6) is 0 Å². The van der Waals surface area contributed by atoms with Crippen LogP contribution in [-0.2, 0) is 4.79 Å². The summed E-state index contributed by atoms with van der Waals surface area (Å²) in [7, 11) is 2.04. The van der Waals surface area contributed by atoms with Crippen LogP contribution in [-0.4, -0.2) is 36.1 Å². The van der Waals surface area contributed by atoms with E-state index in [1.165, 1.54) is 0 Å². The Balaban J connectivity index is 3.87. The maximum atomic E-state index is 10.8. The number of carbonyl (C=O) groups is 1. The van der Waals surface area contributed by atoms with Crippen molar-refractivity contribution in [2.75, 3.05) is 20.1 Å². The van der Waals surface area contributed by atoms with E-state index in [0.29, 0.717) is 12.3 Å². The molecule has 0 unspecified atom stereocenters. The fourth-order valence-corrected chi connectivity index (χ4v) is 1.29. The van der Waals surface area contributed by atoms with Gasteiger partial charge in [0.2, 0.25) is 0 Å². The molecule has 0 aliphatic carbocycles. The lowest BCUT2D eigenvalue weighted by Crippen LogP contribution is -2.31. The number of aliphatic carboxylic acids is 1. The molecule has 0 spiro atoms. The van der Waals surface area contributed by atoms with Crippen molar-refractivity contribution in [3.63, 3.8) is 0 Å². The van der Waals surface area contributed by atoms with E-state index in [-0.39, 0.29) is 0 Å². The zero-order valence-corrected chi connectivity index (χ0v) is 10.0. The first kappa shape index (κ1) is 13.4. The van der Waals surface area contributed by atoms with Crippen molar-refractivity contribution in [2.24, 2.45) is 11.3 Å². The molecule has 0 fully saturated rings. The summed E-state index contributed by atoms with van der Waals surface area (Å²) < 4.78 is 0. The maximum absolute atomic E-state index is 10.8. The molecule has 1 N–H and O–H groups in total. The van der Waals surface area contributed by atoms with Crippen LogP contribution >= 0.6 is 0 Å². The first-order chi connectivity index (χ1) is 6.25. The van der Waals surface area contributed by atoms with Gasteiger partial charge in [-0.05, 0) is 39.8 Å². The molecule has 0 saturated heterocycles. The smallest absolute Gasteiger partial charge is 0.309 e. The molecule has 3 heteroatoms. The molecule has 0 heterocycles. The highest BCUT2D eigenvalue weighted by molar-refractivity contribution is 5.73. The van der Waals surface area contributed by atoms with Crippen molar-refractivity contribution < 1.29 is 9.90 Å². The lowest BCUT2D eigenvalue weighted by atomic mass is 9.89. The Labute approximate surface area is 87.1 Å². The second-order valence-electron chi connectivity index (χ2n) is 5.10. The molecule has 0 aliphatic rings. The van der Waals surface area contributed by atoms with Gasteiger partial charge in [0.05, 0.1) is 5.41 Å². The molecular formula is C11H23NO2. The van der Waals surface area contributed by atoms with Gasteiger partial charge in [0.25, 0.3) is 0 Å². The molecule has 0 aromatic carbocycles. The van der Waals surface area contributed by atoms with Crippen LogP contribution in [0, 0.1) is 11.3 Å². The average molecular weight is 201 g/mol. The number of hydrogen-bond donors (Lipinski definition) is 1. The molecule has 0 aromatic rings. The largest absolute Gasteiger partial charge is 0.481 e. The lowest BCUT2D eigenvalue weighted by Gasteiger charge is -2.24. The Morgan fingerprint density at radius 3 is 2.29 bits per heavy atom. The normalized spacial score (nSPS) is 12.5. The predicted molar refractivity (Wildman–Crippen MR) is 58.4 cm³/mol. The van der Waals surface area contributed by atoms with Crippen LogP contribution in [0.3, 0.4) is 0 Å². The number of rotatable bonds is 6. The third kappa shape index (κ3) is 5.22. The third-order valence-electron chi connectivity index (χ3n) is 2.37. The average Bonchev–Trinajstić information content (AvgIpc) is 1.99. The van der Waals surface area contributed by atoms with Gasteiger partial charge < -0.3 is 10.0 Å². The van der Waals surface area contributed by atoms with E-state index >= 15 is 0 Å².